The van der Waals surface area contributed by atoms with Gasteiger partial charge in [-0.1, -0.05) is 0 Å². The summed E-state index contributed by atoms with van der Waals surface area (Å²) in [4.78, 5) is 24.0. The number of ether oxygens (including phenoxy) is 1. The Kier molecular flexibility index (Phi) is 5.81. The van der Waals surface area contributed by atoms with Crippen molar-refractivity contribution >= 4 is 34.7 Å². The average molecular weight is 383 g/mol. The molecule has 2 aromatic rings. The van der Waals surface area contributed by atoms with Crippen LogP contribution in [0.1, 0.15) is 6.23 Å². The fourth-order valence-corrected chi connectivity index (χ4v) is 3.30. The molecule has 1 aliphatic rings. The van der Waals surface area contributed by atoms with Crippen LogP contribution >= 0.6 is 11.8 Å². The first-order valence-corrected chi connectivity index (χ1v) is 9.17. The minimum atomic E-state index is -1.15. The lowest BCUT2D eigenvalue weighted by Crippen LogP contribution is -2.32. The third-order valence-electron chi connectivity index (χ3n) is 3.90. The van der Waals surface area contributed by atoms with E-state index in [1.807, 2.05) is 6.26 Å². The fourth-order valence-electron chi connectivity index (χ4n) is 2.70. The van der Waals surface area contributed by atoms with Crippen molar-refractivity contribution in [3.05, 3.63) is 24.8 Å². The van der Waals surface area contributed by atoms with E-state index in [4.69, 9.17) is 4.74 Å². The summed E-state index contributed by atoms with van der Waals surface area (Å²) in [5.41, 5.74) is 0.610. The first-order chi connectivity index (χ1) is 12.6. The molecule has 26 heavy (non-hydrogen) atoms. The van der Waals surface area contributed by atoms with E-state index in [2.05, 4.69) is 20.3 Å². The number of aliphatic hydroxyl groups excluding tert-OH is 2. The molecule has 0 unspecified atom stereocenters. The van der Waals surface area contributed by atoms with Crippen LogP contribution in [0, 0.1) is 0 Å². The zero-order chi connectivity index (χ0) is 18.7. The van der Waals surface area contributed by atoms with E-state index in [0.29, 0.717) is 11.4 Å². The van der Waals surface area contributed by atoms with Crippen LogP contribution in [0.25, 0.3) is 11.2 Å². The number of thioether (sulfide) groups is 1. The SMILES string of the molecule is CSC[C@H]1O[C@@H](n2cnc3c(NC(=O)/C=C/CF)ncnc32)[C@H](O)[C@@H]1O. The van der Waals surface area contributed by atoms with Gasteiger partial charge in [-0.25, -0.2) is 19.3 Å². The van der Waals surface area contributed by atoms with Gasteiger partial charge >= 0.3 is 0 Å². The maximum absolute atomic E-state index is 12.1. The lowest BCUT2D eigenvalue weighted by atomic mass is 10.1. The summed E-state index contributed by atoms with van der Waals surface area (Å²) in [6, 6.07) is 0. The molecule has 1 saturated heterocycles. The minimum absolute atomic E-state index is 0.149. The van der Waals surface area contributed by atoms with Gasteiger partial charge in [-0.05, 0) is 12.3 Å². The summed E-state index contributed by atoms with van der Waals surface area (Å²) in [5.74, 6) is 0.124. The van der Waals surface area contributed by atoms with Crippen LogP contribution in [-0.2, 0) is 9.53 Å². The number of carbonyl (C=O) groups excluding carboxylic acids is 1. The van der Waals surface area contributed by atoms with Crippen molar-refractivity contribution in [3.8, 4) is 0 Å². The quantitative estimate of drug-likeness (QED) is 0.608. The van der Waals surface area contributed by atoms with E-state index in [1.165, 1.54) is 29.0 Å². The number of carbonyl (C=O) groups is 1. The van der Waals surface area contributed by atoms with Gasteiger partial charge in [0.05, 0.1) is 12.4 Å². The highest BCUT2D eigenvalue weighted by Gasteiger charge is 2.44. The van der Waals surface area contributed by atoms with Crippen molar-refractivity contribution in [2.75, 3.05) is 24.0 Å². The van der Waals surface area contributed by atoms with Crippen molar-refractivity contribution in [3.63, 3.8) is 0 Å². The number of rotatable bonds is 6. The molecule has 3 heterocycles. The van der Waals surface area contributed by atoms with E-state index in [9.17, 15) is 19.4 Å². The van der Waals surface area contributed by atoms with Crippen LogP contribution in [0.4, 0.5) is 10.2 Å². The van der Waals surface area contributed by atoms with Gasteiger partial charge in [0.2, 0.25) is 5.91 Å². The largest absolute Gasteiger partial charge is 0.387 e. The molecule has 140 valence electrons. The van der Waals surface area contributed by atoms with Crippen molar-refractivity contribution in [1.82, 2.24) is 19.5 Å². The maximum atomic E-state index is 12.1. The molecule has 0 bridgehead atoms. The van der Waals surface area contributed by atoms with Crippen molar-refractivity contribution in [1.29, 1.82) is 0 Å². The summed E-state index contributed by atoms with van der Waals surface area (Å²) in [6.07, 6.45) is 3.07. The van der Waals surface area contributed by atoms with Crippen LogP contribution in [0.3, 0.4) is 0 Å². The first kappa shape index (κ1) is 18.7. The Bertz CT molecular complexity index is 816. The second-order valence-corrected chi connectivity index (χ2v) is 6.50. The zero-order valence-corrected chi connectivity index (χ0v) is 14.6. The third-order valence-corrected chi connectivity index (χ3v) is 4.56. The molecule has 9 nitrogen and oxygen atoms in total. The predicted molar refractivity (Wildman–Crippen MR) is 93.4 cm³/mol. The molecule has 1 fully saturated rings. The molecule has 0 radical (unpaired) electrons. The van der Waals surface area contributed by atoms with Crippen molar-refractivity contribution in [2.45, 2.75) is 24.5 Å². The van der Waals surface area contributed by atoms with Gasteiger partial charge in [0, 0.05) is 11.8 Å². The molecule has 0 aliphatic carbocycles. The van der Waals surface area contributed by atoms with E-state index in [1.54, 1.807) is 0 Å². The maximum Gasteiger partial charge on any atom is 0.249 e. The molecule has 3 rings (SSSR count). The Morgan fingerprint density at radius 3 is 2.96 bits per heavy atom. The van der Waals surface area contributed by atoms with Crippen LogP contribution in [0.2, 0.25) is 0 Å². The standard InChI is InChI=1S/C15H18FN5O4S/c1-26-5-8-11(23)12(24)15(25-8)21-7-19-10-13(17-6-18-14(10)21)20-9(22)3-2-4-16/h2-3,6-8,11-12,15,23-24H,4-5H2,1H3,(H,17,18,20,22)/b3-2+/t8-,11-,12-,15-/m1/s1. The van der Waals surface area contributed by atoms with E-state index in [0.717, 1.165) is 12.2 Å². The Balaban J connectivity index is 1.89. The molecule has 3 N–H and O–H groups in total. The zero-order valence-electron chi connectivity index (χ0n) is 13.8. The Labute approximate surface area is 152 Å². The molecule has 1 aliphatic heterocycles. The smallest absolute Gasteiger partial charge is 0.249 e. The number of anilines is 1. The molecular weight excluding hydrogens is 365 g/mol. The number of hydrogen-bond donors (Lipinski definition) is 3. The average Bonchev–Trinajstić information content (AvgIpc) is 3.17. The summed E-state index contributed by atoms with van der Waals surface area (Å²) in [6.45, 7) is -0.752. The van der Waals surface area contributed by atoms with Gasteiger partial charge in [-0.3, -0.25) is 9.36 Å². The van der Waals surface area contributed by atoms with Crippen molar-refractivity contribution < 1.29 is 24.1 Å². The summed E-state index contributed by atoms with van der Waals surface area (Å²) in [5, 5.41) is 22.9. The highest BCUT2D eigenvalue weighted by molar-refractivity contribution is 7.98. The Morgan fingerprint density at radius 2 is 2.23 bits per heavy atom. The van der Waals surface area contributed by atoms with Gasteiger partial charge in [-0.15, -0.1) is 0 Å². The number of hydrogen-bond acceptors (Lipinski definition) is 8. The molecular formula is C15H18FN5O4S. The number of amides is 1. The lowest BCUT2D eigenvalue weighted by molar-refractivity contribution is -0.111. The van der Waals surface area contributed by atoms with Crippen LogP contribution in [0.5, 0.6) is 0 Å². The van der Waals surface area contributed by atoms with Crippen LogP contribution in [0.15, 0.2) is 24.8 Å². The topological polar surface area (TPSA) is 122 Å². The van der Waals surface area contributed by atoms with Gasteiger partial charge in [0.15, 0.2) is 23.2 Å². The van der Waals surface area contributed by atoms with Crippen molar-refractivity contribution in [2.24, 2.45) is 0 Å². The summed E-state index contributed by atoms with van der Waals surface area (Å²) in [7, 11) is 0. The molecule has 4 atom stereocenters. The normalized spacial score (nSPS) is 26.0. The first-order valence-electron chi connectivity index (χ1n) is 7.78. The number of nitrogens with zero attached hydrogens (tertiary/aromatic N) is 4. The number of allylic oxidation sites excluding steroid dienone is 1. The lowest BCUT2D eigenvalue weighted by Gasteiger charge is -2.16. The second kappa shape index (κ2) is 8.08. The molecule has 0 saturated carbocycles. The number of aromatic nitrogens is 4. The van der Waals surface area contributed by atoms with E-state index in [-0.39, 0.29) is 11.3 Å². The molecule has 2 aromatic heterocycles. The predicted octanol–water partition coefficient (Wildman–Crippen LogP) is 0.273. The van der Waals surface area contributed by atoms with Gasteiger partial charge in [-0.2, -0.15) is 11.8 Å². The highest BCUT2D eigenvalue weighted by atomic mass is 32.2. The number of fused-ring (bicyclic) bond motifs is 1. The molecule has 0 aromatic carbocycles. The molecule has 0 spiro atoms. The Morgan fingerprint density at radius 1 is 1.42 bits per heavy atom. The fraction of sp³-hybridized carbons (Fsp3) is 0.467. The third kappa shape index (κ3) is 3.56. The number of alkyl halides is 1. The summed E-state index contributed by atoms with van der Waals surface area (Å²) < 4.78 is 19.3. The summed E-state index contributed by atoms with van der Waals surface area (Å²) >= 11 is 1.50. The number of halogens is 1. The van der Waals surface area contributed by atoms with Gasteiger partial charge in [0.25, 0.3) is 0 Å². The highest BCUT2D eigenvalue weighted by Crippen LogP contribution is 2.33. The molecule has 11 heteroatoms. The van der Waals surface area contributed by atoms with E-state index >= 15 is 0 Å². The van der Waals surface area contributed by atoms with Crippen LogP contribution in [-0.4, -0.2) is 72.6 Å². The number of imidazole rings is 1. The van der Waals surface area contributed by atoms with Crippen LogP contribution < -0.4 is 5.32 Å². The number of aliphatic hydroxyl groups is 2. The monoisotopic (exact) mass is 383 g/mol. The van der Waals surface area contributed by atoms with Gasteiger partial charge in [0.1, 0.15) is 25.2 Å². The Hall–Kier alpha value is -2.08. The molecule has 1 amide bonds. The van der Waals surface area contributed by atoms with E-state index < -0.39 is 37.1 Å². The minimum Gasteiger partial charge on any atom is -0.387 e. The number of nitrogens with one attached hydrogen (secondary N) is 1. The second-order valence-electron chi connectivity index (χ2n) is 5.59. The van der Waals surface area contributed by atoms with Gasteiger partial charge < -0.3 is 20.3 Å².